The van der Waals surface area contributed by atoms with E-state index < -0.39 is 10.1 Å². The second-order valence-electron chi connectivity index (χ2n) is 5.59. The summed E-state index contributed by atoms with van der Waals surface area (Å²) >= 11 is 3.37. The number of hydrogen-bond acceptors (Lipinski definition) is 4. The van der Waals surface area contributed by atoms with Crippen LogP contribution in [-0.4, -0.2) is 28.3 Å². The topological polar surface area (TPSA) is 89.3 Å². The summed E-state index contributed by atoms with van der Waals surface area (Å²) in [6.07, 6.45) is 1.65. The Balaban J connectivity index is 2.00. The van der Waals surface area contributed by atoms with Gasteiger partial charge in [-0.25, -0.2) is 4.98 Å². The van der Waals surface area contributed by atoms with Crippen LogP contribution in [0.4, 0.5) is 0 Å². The first kappa shape index (κ1) is 15.6. The van der Waals surface area contributed by atoms with Gasteiger partial charge in [-0.2, -0.15) is 8.42 Å². The number of nitrogens with zero attached hydrogens (tertiary/aromatic N) is 2. The van der Waals surface area contributed by atoms with E-state index in [1.54, 1.807) is 22.8 Å². The van der Waals surface area contributed by atoms with Crippen molar-refractivity contribution < 1.29 is 13.0 Å². The van der Waals surface area contributed by atoms with E-state index in [4.69, 9.17) is 4.55 Å². The summed E-state index contributed by atoms with van der Waals surface area (Å²) in [5.41, 5.74) is 0.541. The second kappa shape index (κ2) is 5.75. The monoisotopic (exact) mass is 386 g/mol. The number of fused-ring (bicyclic) bond motifs is 2. The molecule has 0 saturated heterocycles. The number of hydrogen-bond donors (Lipinski definition) is 1. The van der Waals surface area contributed by atoms with Crippen LogP contribution in [0.1, 0.15) is 18.7 Å². The summed E-state index contributed by atoms with van der Waals surface area (Å²) in [5, 5.41) is 0.556. The minimum absolute atomic E-state index is 0.0972. The standard InChI is InChI=1S/C14H15BrN2O4S/c15-10-2-3-11-12(7-10)16-13-4-1-9(8-22(19,20)21)5-6-17(13)14(11)18/h2-3,7,9H,1,4-6,8H2,(H,19,20,21). The van der Waals surface area contributed by atoms with Crippen molar-refractivity contribution in [3.8, 4) is 0 Å². The first-order valence-electron chi connectivity index (χ1n) is 6.97. The van der Waals surface area contributed by atoms with Gasteiger partial charge in [0.25, 0.3) is 15.7 Å². The molecule has 8 heteroatoms. The Kier molecular flexibility index (Phi) is 4.09. The highest BCUT2D eigenvalue weighted by molar-refractivity contribution is 9.10. The van der Waals surface area contributed by atoms with Gasteiger partial charge in [0.05, 0.1) is 16.7 Å². The van der Waals surface area contributed by atoms with Crippen molar-refractivity contribution in [2.24, 2.45) is 5.92 Å². The molecule has 2 aromatic rings. The van der Waals surface area contributed by atoms with Crippen LogP contribution in [0.5, 0.6) is 0 Å². The maximum absolute atomic E-state index is 12.6. The molecule has 1 atom stereocenters. The minimum atomic E-state index is -4.00. The molecule has 3 rings (SSSR count). The molecular weight excluding hydrogens is 372 g/mol. The number of rotatable bonds is 2. The Morgan fingerprint density at radius 1 is 1.36 bits per heavy atom. The zero-order valence-electron chi connectivity index (χ0n) is 11.7. The summed E-state index contributed by atoms with van der Waals surface area (Å²) < 4.78 is 33.6. The summed E-state index contributed by atoms with van der Waals surface area (Å²) in [6, 6.07) is 5.34. The van der Waals surface area contributed by atoms with Gasteiger partial charge in [-0.05, 0) is 37.0 Å². The Bertz CT molecular complexity index is 892. The average molecular weight is 387 g/mol. The van der Waals surface area contributed by atoms with Crippen LogP contribution in [0.3, 0.4) is 0 Å². The first-order valence-corrected chi connectivity index (χ1v) is 9.38. The predicted molar refractivity (Wildman–Crippen MR) is 86.5 cm³/mol. The molecule has 0 saturated carbocycles. The van der Waals surface area contributed by atoms with Crippen molar-refractivity contribution in [1.82, 2.24) is 9.55 Å². The second-order valence-corrected chi connectivity index (χ2v) is 8.00. The van der Waals surface area contributed by atoms with Gasteiger partial charge in [-0.1, -0.05) is 15.9 Å². The van der Waals surface area contributed by atoms with Crippen molar-refractivity contribution >= 4 is 37.0 Å². The van der Waals surface area contributed by atoms with Gasteiger partial charge in [-0.3, -0.25) is 13.9 Å². The third-order valence-electron chi connectivity index (χ3n) is 3.98. The van der Waals surface area contributed by atoms with E-state index in [0.717, 1.165) is 4.47 Å². The molecule has 0 amide bonds. The Hall–Kier alpha value is -1.25. The molecule has 0 radical (unpaired) electrons. The lowest BCUT2D eigenvalue weighted by Gasteiger charge is -2.11. The van der Waals surface area contributed by atoms with Gasteiger partial charge in [0.1, 0.15) is 5.82 Å². The van der Waals surface area contributed by atoms with Crippen molar-refractivity contribution in [3.05, 3.63) is 38.9 Å². The molecule has 1 aliphatic heterocycles. The molecule has 22 heavy (non-hydrogen) atoms. The lowest BCUT2D eigenvalue weighted by atomic mass is 10.0. The molecule has 1 unspecified atom stereocenters. The number of benzene rings is 1. The molecule has 1 N–H and O–H groups in total. The fourth-order valence-corrected chi connectivity index (χ4v) is 4.19. The fourth-order valence-electron chi connectivity index (χ4n) is 2.92. The maximum Gasteiger partial charge on any atom is 0.265 e. The van der Waals surface area contributed by atoms with Crippen LogP contribution in [0.15, 0.2) is 27.5 Å². The largest absolute Gasteiger partial charge is 0.296 e. The van der Waals surface area contributed by atoms with Crippen molar-refractivity contribution in [3.63, 3.8) is 0 Å². The molecule has 0 fully saturated rings. The zero-order valence-corrected chi connectivity index (χ0v) is 14.1. The van der Waals surface area contributed by atoms with Crippen LogP contribution in [0, 0.1) is 5.92 Å². The molecule has 0 bridgehead atoms. The molecule has 1 aromatic heterocycles. The lowest BCUT2D eigenvalue weighted by molar-refractivity contribution is 0.438. The van der Waals surface area contributed by atoms with E-state index in [2.05, 4.69) is 20.9 Å². The highest BCUT2D eigenvalue weighted by Crippen LogP contribution is 2.22. The van der Waals surface area contributed by atoms with E-state index in [1.165, 1.54) is 0 Å². The van der Waals surface area contributed by atoms with Gasteiger partial charge in [0.15, 0.2) is 0 Å². The number of aromatic nitrogens is 2. The molecule has 118 valence electrons. The third-order valence-corrected chi connectivity index (χ3v) is 5.37. The summed E-state index contributed by atoms with van der Waals surface area (Å²) in [5.74, 6) is 0.250. The third kappa shape index (κ3) is 3.23. The van der Waals surface area contributed by atoms with Crippen LogP contribution in [-0.2, 0) is 23.1 Å². The van der Waals surface area contributed by atoms with E-state index >= 15 is 0 Å². The molecular formula is C14H15BrN2O4S. The Morgan fingerprint density at radius 2 is 2.14 bits per heavy atom. The maximum atomic E-state index is 12.6. The van der Waals surface area contributed by atoms with Gasteiger partial charge in [-0.15, -0.1) is 0 Å². The summed E-state index contributed by atoms with van der Waals surface area (Å²) in [6.45, 7) is 0.424. The summed E-state index contributed by atoms with van der Waals surface area (Å²) in [7, 11) is -4.00. The van der Waals surface area contributed by atoms with Gasteiger partial charge in [0.2, 0.25) is 0 Å². The number of aryl methyl sites for hydroxylation is 1. The van der Waals surface area contributed by atoms with Crippen LogP contribution in [0.25, 0.3) is 10.9 Å². The molecule has 0 spiro atoms. The highest BCUT2D eigenvalue weighted by atomic mass is 79.9. The molecule has 1 aliphatic rings. The average Bonchev–Trinajstić information content (AvgIpc) is 2.60. The SMILES string of the molecule is O=c1c2ccc(Br)cc2nc2n1CCC(CS(=O)(=O)O)CC2. The Morgan fingerprint density at radius 3 is 2.86 bits per heavy atom. The fraction of sp³-hybridized carbons (Fsp3) is 0.429. The van der Waals surface area contributed by atoms with Crippen molar-refractivity contribution in [2.75, 3.05) is 5.75 Å². The predicted octanol–water partition coefficient (Wildman–Crippen LogP) is 2.00. The number of halogens is 1. The van der Waals surface area contributed by atoms with E-state index in [1.807, 2.05) is 0 Å². The van der Waals surface area contributed by atoms with Gasteiger partial charge >= 0.3 is 0 Å². The Labute approximate surface area is 136 Å². The van der Waals surface area contributed by atoms with Gasteiger partial charge < -0.3 is 0 Å². The van der Waals surface area contributed by atoms with E-state index in [9.17, 15) is 13.2 Å². The molecule has 1 aromatic carbocycles. The van der Waals surface area contributed by atoms with E-state index in [0.29, 0.717) is 42.5 Å². The molecule has 0 aliphatic carbocycles. The normalized spacial score (nSPS) is 18.9. The zero-order chi connectivity index (χ0) is 15.9. The molecule has 2 heterocycles. The summed E-state index contributed by atoms with van der Waals surface area (Å²) in [4.78, 5) is 17.1. The van der Waals surface area contributed by atoms with Crippen LogP contribution in [0.2, 0.25) is 0 Å². The van der Waals surface area contributed by atoms with Crippen molar-refractivity contribution in [1.29, 1.82) is 0 Å². The van der Waals surface area contributed by atoms with Gasteiger partial charge in [0, 0.05) is 17.4 Å². The quantitative estimate of drug-likeness (QED) is 0.797. The van der Waals surface area contributed by atoms with Crippen molar-refractivity contribution in [2.45, 2.75) is 25.8 Å². The highest BCUT2D eigenvalue weighted by Gasteiger charge is 2.22. The lowest BCUT2D eigenvalue weighted by Crippen LogP contribution is -2.24. The van der Waals surface area contributed by atoms with Crippen LogP contribution < -0.4 is 5.56 Å². The van der Waals surface area contributed by atoms with Crippen LogP contribution >= 0.6 is 15.9 Å². The first-order chi connectivity index (χ1) is 10.3. The van der Waals surface area contributed by atoms with E-state index in [-0.39, 0.29) is 17.2 Å². The molecule has 6 nitrogen and oxygen atoms in total. The minimum Gasteiger partial charge on any atom is -0.296 e. The smallest absolute Gasteiger partial charge is 0.265 e.